The molecule has 1 aliphatic rings. The van der Waals surface area contributed by atoms with Crippen LogP contribution < -0.4 is 15.4 Å². The number of alkyl halides is 3. The molecule has 1 aliphatic carbocycles. The van der Waals surface area contributed by atoms with Gasteiger partial charge < -0.3 is 15.4 Å². The minimum atomic E-state index is -4.52. The fraction of sp³-hybridized carbons (Fsp3) is 0.348. The van der Waals surface area contributed by atoms with Crippen LogP contribution in [0.15, 0.2) is 48.7 Å². The Morgan fingerprint density at radius 1 is 1.06 bits per heavy atom. The summed E-state index contributed by atoms with van der Waals surface area (Å²) in [6.45, 7) is 0. The highest BCUT2D eigenvalue weighted by atomic mass is 19.4. The summed E-state index contributed by atoms with van der Waals surface area (Å²) in [7, 11) is 1.48. The molecule has 0 unspecified atom stereocenters. The van der Waals surface area contributed by atoms with Crippen LogP contribution in [0.2, 0.25) is 0 Å². The van der Waals surface area contributed by atoms with Gasteiger partial charge in [-0.25, -0.2) is 9.97 Å². The zero-order valence-electron chi connectivity index (χ0n) is 17.4. The maximum Gasteiger partial charge on any atom is 0.433 e. The predicted molar refractivity (Wildman–Crippen MR) is 115 cm³/mol. The van der Waals surface area contributed by atoms with E-state index in [4.69, 9.17) is 4.74 Å². The molecule has 3 aromatic rings. The van der Waals surface area contributed by atoms with Crippen molar-refractivity contribution in [2.24, 2.45) is 0 Å². The van der Waals surface area contributed by atoms with Crippen molar-refractivity contribution < 1.29 is 22.7 Å². The molecule has 1 fully saturated rings. The van der Waals surface area contributed by atoms with Crippen LogP contribution in [0.25, 0.3) is 10.9 Å². The normalized spacial score (nSPS) is 18.9. The van der Waals surface area contributed by atoms with Gasteiger partial charge in [-0.1, -0.05) is 18.2 Å². The van der Waals surface area contributed by atoms with Crippen molar-refractivity contribution in [3.63, 3.8) is 0 Å². The third-order valence-electron chi connectivity index (χ3n) is 5.63. The van der Waals surface area contributed by atoms with E-state index in [-0.39, 0.29) is 23.7 Å². The van der Waals surface area contributed by atoms with Gasteiger partial charge in [0, 0.05) is 29.4 Å². The molecule has 0 saturated heterocycles. The lowest BCUT2D eigenvalue weighted by Crippen LogP contribution is -2.40. The molecule has 1 amide bonds. The van der Waals surface area contributed by atoms with E-state index >= 15 is 0 Å². The van der Waals surface area contributed by atoms with Gasteiger partial charge in [-0.3, -0.25) is 4.79 Å². The number of carbonyl (C=O) groups is 1. The first-order valence-corrected chi connectivity index (χ1v) is 10.4. The van der Waals surface area contributed by atoms with Crippen LogP contribution in [0.5, 0.6) is 5.75 Å². The fourth-order valence-electron chi connectivity index (χ4n) is 4.02. The number of halogens is 3. The highest BCUT2D eigenvalue weighted by Crippen LogP contribution is 2.34. The SMILES string of the molecule is COc1cccnc1C(=O)NC1CCC(Nc2cc(C(F)(F)F)nc3ccccc23)CC1. The molecule has 2 heterocycles. The Kier molecular flexibility index (Phi) is 6.16. The lowest BCUT2D eigenvalue weighted by atomic mass is 9.90. The van der Waals surface area contributed by atoms with Gasteiger partial charge in [0.05, 0.1) is 12.6 Å². The van der Waals surface area contributed by atoms with Crippen molar-refractivity contribution in [3.05, 3.63) is 60.0 Å². The number of amides is 1. The molecule has 0 atom stereocenters. The summed E-state index contributed by atoms with van der Waals surface area (Å²) < 4.78 is 45.1. The molecule has 0 bridgehead atoms. The molecular formula is C23H23F3N4O2. The van der Waals surface area contributed by atoms with E-state index in [2.05, 4.69) is 20.6 Å². The van der Waals surface area contributed by atoms with E-state index in [1.807, 2.05) is 0 Å². The molecule has 2 N–H and O–H groups in total. The summed E-state index contributed by atoms with van der Waals surface area (Å²) in [6, 6.07) is 11.2. The molecule has 32 heavy (non-hydrogen) atoms. The minimum Gasteiger partial charge on any atom is -0.494 e. The number of pyridine rings is 2. The Hall–Kier alpha value is -3.36. The van der Waals surface area contributed by atoms with Gasteiger partial charge in [0.2, 0.25) is 0 Å². The monoisotopic (exact) mass is 444 g/mol. The number of nitrogens with one attached hydrogen (secondary N) is 2. The third-order valence-corrected chi connectivity index (χ3v) is 5.63. The number of ether oxygens (including phenoxy) is 1. The Morgan fingerprint density at radius 2 is 1.78 bits per heavy atom. The van der Waals surface area contributed by atoms with E-state index in [0.717, 1.165) is 6.07 Å². The largest absolute Gasteiger partial charge is 0.494 e. The predicted octanol–water partition coefficient (Wildman–Crippen LogP) is 4.81. The van der Waals surface area contributed by atoms with Crippen LogP contribution in [0.4, 0.5) is 18.9 Å². The zero-order chi connectivity index (χ0) is 22.7. The number of benzene rings is 1. The lowest BCUT2D eigenvalue weighted by molar-refractivity contribution is -0.140. The zero-order valence-corrected chi connectivity index (χ0v) is 17.4. The summed E-state index contributed by atoms with van der Waals surface area (Å²) >= 11 is 0. The second-order valence-corrected chi connectivity index (χ2v) is 7.79. The molecule has 0 spiro atoms. The minimum absolute atomic E-state index is 0.000529. The number of para-hydroxylation sites is 1. The van der Waals surface area contributed by atoms with Crippen LogP contribution in [0, 0.1) is 0 Å². The molecule has 168 valence electrons. The van der Waals surface area contributed by atoms with Crippen molar-refractivity contribution >= 4 is 22.5 Å². The summed E-state index contributed by atoms with van der Waals surface area (Å²) in [6.07, 6.45) is -0.159. The van der Waals surface area contributed by atoms with Gasteiger partial charge in [0.15, 0.2) is 5.69 Å². The smallest absolute Gasteiger partial charge is 0.433 e. The van der Waals surface area contributed by atoms with Gasteiger partial charge in [-0.15, -0.1) is 0 Å². The maximum absolute atomic E-state index is 13.3. The van der Waals surface area contributed by atoms with Gasteiger partial charge in [-0.05, 0) is 49.9 Å². The lowest BCUT2D eigenvalue weighted by Gasteiger charge is -2.30. The third kappa shape index (κ3) is 4.76. The Balaban J connectivity index is 1.42. The topological polar surface area (TPSA) is 76.1 Å². The van der Waals surface area contributed by atoms with E-state index in [1.165, 1.54) is 13.3 Å². The van der Waals surface area contributed by atoms with E-state index < -0.39 is 11.9 Å². The number of carbonyl (C=O) groups excluding carboxylic acids is 1. The second kappa shape index (κ2) is 9.02. The van der Waals surface area contributed by atoms with Crippen LogP contribution in [0.3, 0.4) is 0 Å². The molecule has 0 aliphatic heterocycles. The van der Waals surface area contributed by atoms with E-state index in [0.29, 0.717) is 48.0 Å². The number of methoxy groups -OCH3 is 1. The van der Waals surface area contributed by atoms with E-state index in [9.17, 15) is 18.0 Å². The standard InChI is InChI=1S/C23H23F3N4O2/c1-32-19-7-4-12-27-21(19)22(31)29-15-10-8-14(9-11-15)28-18-13-20(23(24,25)26)30-17-6-3-2-5-16(17)18/h2-7,12-15H,8-11H2,1H3,(H,28,30)(H,29,31). The first kappa shape index (κ1) is 21.9. The Labute approximate surface area is 183 Å². The average molecular weight is 444 g/mol. The van der Waals surface area contributed by atoms with Crippen LogP contribution >= 0.6 is 0 Å². The highest BCUT2D eigenvalue weighted by Gasteiger charge is 2.34. The number of rotatable bonds is 5. The molecule has 1 saturated carbocycles. The maximum atomic E-state index is 13.3. The highest BCUT2D eigenvalue weighted by molar-refractivity contribution is 5.95. The van der Waals surface area contributed by atoms with Crippen molar-refractivity contribution in [1.29, 1.82) is 0 Å². The molecule has 9 heteroatoms. The number of hydrogen-bond acceptors (Lipinski definition) is 5. The summed E-state index contributed by atoms with van der Waals surface area (Å²) in [5.74, 6) is 0.110. The van der Waals surface area contributed by atoms with Gasteiger partial charge in [0.1, 0.15) is 11.4 Å². The average Bonchev–Trinajstić information content (AvgIpc) is 2.79. The Bertz CT molecular complexity index is 1110. The molecule has 4 rings (SSSR count). The van der Waals surface area contributed by atoms with Crippen molar-refractivity contribution in [2.75, 3.05) is 12.4 Å². The van der Waals surface area contributed by atoms with Crippen LogP contribution in [-0.4, -0.2) is 35.1 Å². The molecule has 6 nitrogen and oxygen atoms in total. The Morgan fingerprint density at radius 3 is 2.50 bits per heavy atom. The first-order valence-electron chi connectivity index (χ1n) is 10.4. The summed E-state index contributed by atoms with van der Waals surface area (Å²) in [5, 5.41) is 6.91. The number of anilines is 1. The van der Waals surface area contributed by atoms with Gasteiger partial charge >= 0.3 is 6.18 Å². The number of fused-ring (bicyclic) bond motifs is 1. The molecular weight excluding hydrogens is 421 g/mol. The number of aromatic nitrogens is 2. The van der Waals surface area contributed by atoms with E-state index in [1.54, 1.807) is 36.4 Å². The van der Waals surface area contributed by atoms with Crippen molar-refractivity contribution in [3.8, 4) is 5.75 Å². The molecule has 0 radical (unpaired) electrons. The fourth-order valence-corrected chi connectivity index (χ4v) is 4.02. The number of nitrogens with zero attached hydrogens (tertiary/aromatic N) is 2. The van der Waals surface area contributed by atoms with Crippen LogP contribution in [0.1, 0.15) is 41.9 Å². The summed E-state index contributed by atoms with van der Waals surface area (Å²) in [4.78, 5) is 20.4. The first-order chi connectivity index (χ1) is 15.3. The van der Waals surface area contributed by atoms with Gasteiger partial charge in [0.25, 0.3) is 5.91 Å². The second-order valence-electron chi connectivity index (χ2n) is 7.79. The molecule has 2 aromatic heterocycles. The van der Waals surface area contributed by atoms with Gasteiger partial charge in [-0.2, -0.15) is 13.2 Å². The van der Waals surface area contributed by atoms with Crippen LogP contribution in [-0.2, 0) is 6.18 Å². The number of hydrogen-bond donors (Lipinski definition) is 2. The van der Waals surface area contributed by atoms with Crippen molar-refractivity contribution in [2.45, 2.75) is 43.9 Å². The quantitative estimate of drug-likeness (QED) is 0.591. The molecule has 1 aromatic carbocycles. The summed E-state index contributed by atoms with van der Waals surface area (Å²) in [5.41, 5.74) is 0.0471. The van der Waals surface area contributed by atoms with Crippen molar-refractivity contribution in [1.82, 2.24) is 15.3 Å².